The molecule has 1 fully saturated rings. The first-order valence-corrected chi connectivity index (χ1v) is 5.63. The van der Waals surface area contributed by atoms with E-state index in [1.165, 1.54) is 0 Å². The SMILES string of the molecule is NC1=NC2(CCS(=O)(=O)C2)C(=O)N1. The molecule has 0 bridgehead atoms. The fourth-order valence-electron chi connectivity index (χ4n) is 1.64. The molecule has 72 valence electrons. The molecule has 13 heavy (non-hydrogen) atoms. The van der Waals surface area contributed by atoms with Crippen molar-refractivity contribution in [3.63, 3.8) is 0 Å². The molecule has 2 aliphatic rings. The Morgan fingerprint density at radius 1 is 1.54 bits per heavy atom. The van der Waals surface area contributed by atoms with Gasteiger partial charge in [0.25, 0.3) is 5.91 Å². The molecule has 7 heteroatoms. The van der Waals surface area contributed by atoms with Crippen LogP contribution in [0.1, 0.15) is 6.42 Å². The van der Waals surface area contributed by atoms with Crippen LogP contribution in [0.15, 0.2) is 4.99 Å². The predicted octanol–water partition coefficient (Wildman–Crippen LogP) is -2.01. The summed E-state index contributed by atoms with van der Waals surface area (Å²) in [5.41, 5.74) is 4.17. The highest BCUT2D eigenvalue weighted by Gasteiger charge is 2.51. The minimum absolute atomic E-state index is 0.0111. The fraction of sp³-hybridized carbons (Fsp3) is 0.667. The van der Waals surface area contributed by atoms with E-state index in [9.17, 15) is 13.2 Å². The van der Waals surface area contributed by atoms with Gasteiger partial charge >= 0.3 is 0 Å². The van der Waals surface area contributed by atoms with Crippen LogP contribution in [0.3, 0.4) is 0 Å². The number of carbonyl (C=O) groups excluding carboxylic acids is 1. The number of nitrogens with one attached hydrogen (secondary N) is 1. The standard InChI is InChI=1S/C6H9N3O3S/c7-5-8-4(10)6(9-5)1-2-13(11,12)3-6/h1-3H2,(H3,7,8,9,10). The topological polar surface area (TPSA) is 102 Å². The molecule has 1 unspecified atom stereocenters. The summed E-state index contributed by atoms with van der Waals surface area (Å²) in [6, 6.07) is 0. The van der Waals surface area contributed by atoms with E-state index in [0.717, 1.165) is 0 Å². The van der Waals surface area contributed by atoms with E-state index in [4.69, 9.17) is 5.73 Å². The highest BCUT2D eigenvalue weighted by atomic mass is 32.2. The van der Waals surface area contributed by atoms with Crippen LogP contribution in [0.4, 0.5) is 0 Å². The van der Waals surface area contributed by atoms with Crippen molar-refractivity contribution in [1.29, 1.82) is 0 Å². The van der Waals surface area contributed by atoms with E-state index in [1.54, 1.807) is 0 Å². The van der Waals surface area contributed by atoms with Crippen LogP contribution in [0, 0.1) is 0 Å². The number of rotatable bonds is 0. The number of hydrogen-bond acceptors (Lipinski definition) is 5. The van der Waals surface area contributed by atoms with Crippen LogP contribution in [0.25, 0.3) is 0 Å². The van der Waals surface area contributed by atoms with E-state index in [-0.39, 0.29) is 23.9 Å². The van der Waals surface area contributed by atoms with Crippen LogP contribution in [-0.2, 0) is 14.6 Å². The molecular formula is C6H9N3O3S. The van der Waals surface area contributed by atoms with Crippen molar-refractivity contribution in [3.8, 4) is 0 Å². The summed E-state index contributed by atoms with van der Waals surface area (Å²) in [6.45, 7) is 0. The second kappa shape index (κ2) is 2.22. The highest BCUT2D eigenvalue weighted by Crippen LogP contribution is 2.29. The average Bonchev–Trinajstić information content (AvgIpc) is 2.38. The second-order valence-electron chi connectivity index (χ2n) is 3.32. The first-order valence-electron chi connectivity index (χ1n) is 3.81. The van der Waals surface area contributed by atoms with E-state index in [0.29, 0.717) is 0 Å². The molecule has 1 amide bonds. The van der Waals surface area contributed by atoms with Gasteiger partial charge in [-0.15, -0.1) is 0 Å². The molecule has 0 aromatic heterocycles. The highest BCUT2D eigenvalue weighted by molar-refractivity contribution is 7.91. The summed E-state index contributed by atoms with van der Waals surface area (Å²) in [7, 11) is -3.12. The van der Waals surface area contributed by atoms with E-state index < -0.39 is 21.3 Å². The lowest BCUT2D eigenvalue weighted by atomic mass is 10.0. The van der Waals surface area contributed by atoms with Crippen molar-refractivity contribution in [2.75, 3.05) is 11.5 Å². The van der Waals surface area contributed by atoms with Gasteiger partial charge in [0.2, 0.25) is 0 Å². The van der Waals surface area contributed by atoms with Gasteiger partial charge in [-0.2, -0.15) is 0 Å². The summed E-state index contributed by atoms with van der Waals surface area (Å²) in [5.74, 6) is -0.586. The zero-order valence-electron chi connectivity index (χ0n) is 6.78. The minimum Gasteiger partial charge on any atom is -0.370 e. The lowest BCUT2D eigenvalue weighted by Gasteiger charge is -2.12. The van der Waals surface area contributed by atoms with Gasteiger partial charge in [-0.3, -0.25) is 10.1 Å². The molecule has 1 atom stereocenters. The maximum Gasteiger partial charge on any atom is 0.255 e. The van der Waals surface area contributed by atoms with Crippen LogP contribution in [0.2, 0.25) is 0 Å². The molecule has 2 rings (SSSR count). The molecule has 0 aromatic carbocycles. The predicted molar refractivity (Wildman–Crippen MR) is 45.8 cm³/mol. The van der Waals surface area contributed by atoms with E-state index >= 15 is 0 Å². The zero-order chi connectivity index (χ0) is 9.69. The van der Waals surface area contributed by atoms with Crippen molar-refractivity contribution in [2.45, 2.75) is 12.0 Å². The summed E-state index contributed by atoms with van der Waals surface area (Å²) >= 11 is 0. The number of carbonyl (C=O) groups is 1. The molecule has 0 aromatic rings. The Morgan fingerprint density at radius 2 is 2.23 bits per heavy atom. The third kappa shape index (κ3) is 1.19. The van der Waals surface area contributed by atoms with Crippen molar-refractivity contribution in [2.24, 2.45) is 10.7 Å². The Balaban J connectivity index is 2.40. The van der Waals surface area contributed by atoms with Crippen molar-refractivity contribution >= 4 is 21.7 Å². The summed E-state index contributed by atoms with van der Waals surface area (Å²) < 4.78 is 22.3. The van der Waals surface area contributed by atoms with Crippen LogP contribution in [0.5, 0.6) is 0 Å². The Kier molecular flexibility index (Phi) is 1.45. The fourth-order valence-corrected chi connectivity index (χ4v) is 3.50. The maximum atomic E-state index is 11.3. The molecule has 1 saturated heterocycles. The molecule has 3 N–H and O–H groups in total. The Bertz CT molecular complexity index is 399. The molecule has 0 radical (unpaired) electrons. The lowest BCUT2D eigenvalue weighted by molar-refractivity contribution is -0.122. The largest absolute Gasteiger partial charge is 0.370 e. The van der Waals surface area contributed by atoms with Crippen molar-refractivity contribution < 1.29 is 13.2 Å². The van der Waals surface area contributed by atoms with Gasteiger partial charge in [-0.05, 0) is 6.42 Å². The Morgan fingerprint density at radius 3 is 2.62 bits per heavy atom. The van der Waals surface area contributed by atoms with Crippen molar-refractivity contribution in [3.05, 3.63) is 0 Å². The minimum atomic E-state index is -3.12. The van der Waals surface area contributed by atoms with Gasteiger partial charge in [0, 0.05) is 0 Å². The number of amides is 1. The molecule has 0 aliphatic carbocycles. The smallest absolute Gasteiger partial charge is 0.255 e. The van der Waals surface area contributed by atoms with Gasteiger partial charge in [0.15, 0.2) is 21.3 Å². The number of sulfone groups is 1. The summed E-state index contributed by atoms with van der Waals surface area (Å²) in [4.78, 5) is 15.2. The third-order valence-corrected chi connectivity index (χ3v) is 4.03. The van der Waals surface area contributed by atoms with E-state index in [2.05, 4.69) is 10.3 Å². The quantitative estimate of drug-likeness (QED) is 0.475. The summed E-state index contributed by atoms with van der Waals surface area (Å²) in [6.07, 6.45) is 0.238. The van der Waals surface area contributed by atoms with Crippen LogP contribution < -0.4 is 11.1 Å². The number of aliphatic imine (C=N–C) groups is 1. The lowest BCUT2D eigenvalue weighted by Crippen LogP contribution is -2.41. The monoisotopic (exact) mass is 203 g/mol. The van der Waals surface area contributed by atoms with Crippen molar-refractivity contribution in [1.82, 2.24) is 5.32 Å². The van der Waals surface area contributed by atoms with Gasteiger partial charge < -0.3 is 5.73 Å². The van der Waals surface area contributed by atoms with Gasteiger partial charge in [-0.1, -0.05) is 0 Å². The first-order chi connectivity index (χ1) is 5.94. The maximum absolute atomic E-state index is 11.3. The zero-order valence-corrected chi connectivity index (χ0v) is 7.60. The first kappa shape index (κ1) is 8.49. The Hall–Kier alpha value is -1.11. The number of nitrogens with two attached hydrogens (primary N) is 1. The van der Waals surface area contributed by atoms with Crippen LogP contribution >= 0.6 is 0 Å². The normalized spacial score (nSPS) is 36.3. The third-order valence-electron chi connectivity index (χ3n) is 2.28. The number of guanidine groups is 1. The van der Waals surface area contributed by atoms with E-state index in [1.807, 2.05) is 0 Å². The van der Waals surface area contributed by atoms with Gasteiger partial charge in [0.1, 0.15) is 0 Å². The second-order valence-corrected chi connectivity index (χ2v) is 5.51. The molecular weight excluding hydrogens is 194 g/mol. The Labute approximate surface area is 75.1 Å². The summed E-state index contributed by atoms with van der Waals surface area (Å²) in [5, 5.41) is 2.31. The molecule has 2 aliphatic heterocycles. The number of hydrogen-bond donors (Lipinski definition) is 2. The molecule has 1 spiro atoms. The van der Waals surface area contributed by atoms with Gasteiger partial charge in [0.05, 0.1) is 11.5 Å². The molecule has 2 heterocycles. The average molecular weight is 203 g/mol. The van der Waals surface area contributed by atoms with Crippen LogP contribution in [-0.4, -0.2) is 37.3 Å². The molecule has 0 saturated carbocycles. The number of nitrogens with zero attached hydrogens (tertiary/aromatic N) is 1. The van der Waals surface area contributed by atoms with Gasteiger partial charge in [-0.25, -0.2) is 13.4 Å². The molecule has 6 nitrogen and oxygen atoms in total.